The smallest absolute Gasteiger partial charge is 0.315 e. The Morgan fingerprint density at radius 1 is 0.763 bits per heavy atom. The summed E-state index contributed by atoms with van der Waals surface area (Å²) in [5.74, 6) is -3.66. The maximum absolute atomic E-state index is 14.6. The maximum atomic E-state index is 14.6. The second-order valence-electron chi connectivity index (χ2n) is 20.3. The summed E-state index contributed by atoms with van der Waals surface area (Å²) in [6.07, 6.45) is -13.9. The van der Waals surface area contributed by atoms with Crippen molar-refractivity contribution in [3.8, 4) is 0 Å². The van der Waals surface area contributed by atoms with Crippen LogP contribution in [-0.2, 0) is 28.5 Å². The minimum Gasteiger partial charge on any atom is -0.481 e. The van der Waals surface area contributed by atoms with Gasteiger partial charge in [0.15, 0.2) is 6.29 Å². The Labute approximate surface area is 343 Å². The predicted molar refractivity (Wildman–Crippen MR) is 202 cm³/mol. The molecule has 6 fully saturated rings. The summed E-state index contributed by atoms with van der Waals surface area (Å²) in [4.78, 5) is 28.2. The molecule has 5 aliphatic carbocycles. The van der Waals surface area contributed by atoms with Gasteiger partial charge < -0.3 is 75.1 Å². The van der Waals surface area contributed by atoms with Crippen molar-refractivity contribution in [2.45, 2.75) is 172 Å². The zero-order chi connectivity index (χ0) is 43.6. The highest BCUT2D eigenvalue weighted by Gasteiger charge is 2.74. The number of carbonyl (C=O) groups is 2. The topological polar surface area (TPSA) is 294 Å². The van der Waals surface area contributed by atoms with Gasteiger partial charge in [0.2, 0.25) is 6.29 Å². The molecule has 59 heavy (non-hydrogen) atoms. The molecule has 17 nitrogen and oxygen atoms in total. The predicted octanol–water partition coefficient (Wildman–Crippen LogP) is -0.677. The number of hydrogen-bond acceptors (Lipinski definition) is 16. The molecule has 7 rings (SSSR count). The minimum absolute atomic E-state index is 0.121. The van der Waals surface area contributed by atoms with Gasteiger partial charge >= 0.3 is 11.9 Å². The quantitative estimate of drug-likeness (QED) is 0.0860. The molecule has 7 aliphatic rings. The molecule has 0 aromatic carbocycles. The van der Waals surface area contributed by atoms with E-state index < -0.39 is 143 Å². The lowest BCUT2D eigenvalue weighted by Crippen LogP contribution is -2.71. The van der Waals surface area contributed by atoms with Crippen LogP contribution in [-0.4, -0.2) is 161 Å². The molecule has 22 unspecified atom stereocenters. The van der Waals surface area contributed by atoms with Crippen molar-refractivity contribution in [2.24, 2.45) is 50.7 Å². The number of carboxylic acids is 1. The molecule has 336 valence electrons. The number of aliphatic carboxylic acids is 1. The molecule has 0 amide bonds. The number of fused-ring (bicyclic) bond motifs is 7. The Bertz CT molecular complexity index is 1650. The fourth-order valence-corrected chi connectivity index (χ4v) is 13.8. The normalized spacial score (nSPS) is 56.0. The Morgan fingerprint density at radius 2 is 1.34 bits per heavy atom. The molecule has 4 saturated carbocycles. The first-order valence-corrected chi connectivity index (χ1v) is 21.2. The minimum atomic E-state index is -1.80. The van der Waals surface area contributed by atoms with Gasteiger partial charge in [-0.15, -0.1) is 0 Å². The van der Waals surface area contributed by atoms with Gasteiger partial charge in [-0.1, -0.05) is 39.3 Å². The lowest BCUT2D eigenvalue weighted by molar-refractivity contribution is -0.340. The maximum Gasteiger partial charge on any atom is 0.315 e. The van der Waals surface area contributed by atoms with Crippen molar-refractivity contribution in [2.75, 3.05) is 13.2 Å². The molecule has 17 heteroatoms. The fraction of sp³-hybridized carbons (Fsp3) is 0.905. The second kappa shape index (κ2) is 15.2. The van der Waals surface area contributed by atoms with Crippen LogP contribution in [0.2, 0.25) is 0 Å². The number of aliphatic hydroxyl groups is 10. The molecule has 11 N–H and O–H groups in total. The Kier molecular flexibility index (Phi) is 11.6. The monoisotopic (exact) mass is 842 g/mol. The number of aliphatic hydroxyl groups excluding tert-OH is 9. The Morgan fingerprint density at radius 3 is 1.92 bits per heavy atom. The van der Waals surface area contributed by atoms with Crippen molar-refractivity contribution in [1.29, 1.82) is 0 Å². The third kappa shape index (κ3) is 6.26. The second-order valence-corrected chi connectivity index (χ2v) is 20.3. The standard InChI is InChI=1S/C42H66O17/c1-18-9-12-42(36(54)59-34-30(51)28(49)26(47)22(17-44)57-34)14-13-38(3)19(31(42)41(18,6)55)7-8-23-37(2)15-20(45)32(40(5,35(52)53)24(37)10-11-39(23,38)4)58-33-29(50)27(48)25(46)21(16-43)56-33/h7,18,20-34,43-51,55H,8-17H2,1-6H3,(H,52,53). The average molecular weight is 843 g/mol. The van der Waals surface area contributed by atoms with Crippen molar-refractivity contribution >= 4 is 11.9 Å². The third-order valence-electron chi connectivity index (χ3n) is 17.7. The zero-order valence-corrected chi connectivity index (χ0v) is 34.8. The van der Waals surface area contributed by atoms with Gasteiger partial charge in [0, 0.05) is 5.92 Å². The first kappa shape index (κ1) is 45.2. The van der Waals surface area contributed by atoms with Crippen molar-refractivity contribution in [3.63, 3.8) is 0 Å². The van der Waals surface area contributed by atoms with Crippen LogP contribution in [0, 0.1) is 50.7 Å². The van der Waals surface area contributed by atoms with Crippen LogP contribution in [0.25, 0.3) is 0 Å². The van der Waals surface area contributed by atoms with Crippen LogP contribution >= 0.6 is 0 Å². The van der Waals surface area contributed by atoms with Crippen LogP contribution in [0.3, 0.4) is 0 Å². The SMILES string of the molecule is CC1CCC2(C(=O)OC3OC(CO)C(O)C(O)C3O)CCC3(C)C(=CCC4C5(C)CC(O)C(OC6OC(CO)C(O)C(O)C6O)C(C)(C(=O)O)C5CCC43C)C2C1(C)O. The summed E-state index contributed by atoms with van der Waals surface area (Å²) >= 11 is 0. The molecule has 0 spiro atoms. The van der Waals surface area contributed by atoms with E-state index in [9.17, 15) is 65.8 Å². The fourth-order valence-electron chi connectivity index (χ4n) is 13.8. The average Bonchev–Trinajstić information content (AvgIpc) is 3.17. The lowest BCUT2D eigenvalue weighted by atomic mass is 9.33. The van der Waals surface area contributed by atoms with Crippen molar-refractivity contribution in [3.05, 3.63) is 11.6 Å². The molecule has 0 bridgehead atoms. The van der Waals surface area contributed by atoms with Gasteiger partial charge in [-0.3, -0.25) is 9.59 Å². The highest BCUT2D eigenvalue weighted by molar-refractivity contribution is 5.79. The zero-order valence-electron chi connectivity index (χ0n) is 34.8. The molecular formula is C42H66O17. The number of carboxylic acid groups (broad SMARTS) is 1. The van der Waals surface area contributed by atoms with E-state index in [1.54, 1.807) is 6.92 Å². The van der Waals surface area contributed by atoms with Gasteiger partial charge in [-0.25, -0.2) is 0 Å². The molecule has 2 heterocycles. The first-order chi connectivity index (χ1) is 27.4. The summed E-state index contributed by atoms with van der Waals surface area (Å²) in [6.45, 7) is 10.2. The highest BCUT2D eigenvalue weighted by Crippen LogP contribution is 2.76. The highest BCUT2D eigenvalue weighted by atomic mass is 16.7. The van der Waals surface area contributed by atoms with E-state index in [4.69, 9.17) is 18.9 Å². The van der Waals surface area contributed by atoms with Gasteiger partial charge in [-0.05, 0) is 99.2 Å². The van der Waals surface area contributed by atoms with Crippen molar-refractivity contribution < 1.29 is 84.7 Å². The van der Waals surface area contributed by atoms with E-state index in [2.05, 4.69) is 19.9 Å². The number of allylic oxidation sites excluding steroid dienone is 1. The Hall–Kier alpha value is -1.84. The van der Waals surface area contributed by atoms with Crippen molar-refractivity contribution in [1.82, 2.24) is 0 Å². The summed E-state index contributed by atoms with van der Waals surface area (Å²) in [6, 6.07) is 0. The largest absolute Gasteiger partial charge is 0.481 e. The first-order valence-electron chi connectivity index (χ1n) is 21.2. The van der Waals surface area contributed by atoms with E-state index in [1.807, 2.05) is 13.8 Å². The van der Waals surface area contributed by atoms with Crippen LogP contribution in [0.15, 0.2) is 11.6 Å². The van der Waals surface area contributed by atoms with E-state index in [1.165, 1.54) is 6.92 Å². The Balaban J connectivity index is 1.23. The van der Waals surface area contributed by atoms with Gasteiger partial charge in [0.05, 0.1) is 35.7 Å². The van der Waals surface area contributed by atoms with E-state index in [0.717, 1.165) is 5.57 Å². The van der Waals surface area contributed by atoms with Crippen LogP contribution in [0.1, 0.15) is 92.9 Å². The summed E-state index contributed by atoms with van der Waals surface area (Å²) in [5, 5.41) is 118. The summed E-state index contributed by atoms with van der Waals surface area (Å²) < 4.78 is 23.2. The van der Waals surface area contributed by atoms with E-state index in [-0.39, 0.29) is 24.7 Å². The summed E-state index contributed by atoms with van der Waals surface area (Å²) in [5.41, 5.74) is -5.44. The number of hydrogen-bond donors (Lipinski definition) is 11. The van der Waals surface area contributed by atoms with Gasteiger partial charge in [-0.2, -0.15) is 0 Å². The molecule has 2 saturated heterocycles. The number of ether oxygens (including phenoxy) is 4. The molecular weight excluding hydrogens is 776 g/mol. The van der Waals surface area contributed by atoms with E-state index in [0.29, 0.717) is 38.5 Å². The van der Waals surface area contributed by atoms with Crippen LogP contribution < -0.4 is 0 Å². The summed E-state index contributed by atoms with van der Waals surface area (Å²) in [7, 11) is 0. The molecule has 0 aromatic rings. The van der Waals surface area contributed by atoms with Crippen LogP contribution in [0.4, 0.5) is 0 Å². The molecule has 0 radical (unpaired) electrons. The van der Waals surface area contributed by atoms with E-state index >= 15 is 0 Å². The van der Waals surface area contributed by atoms with Gasteiger partial charge in [0.1, 0.15) is 54.9 Å². The number of carbonyl (C=O) groups excluding carboxylic acids is 1. The molecule has 22 atom stereocenters. The van der Waals surface area contributed by atoms with Crippen LogP contribution in [0.5, 0.6) is 0 Å². The molecule has 2 aliphatic heterocycles. The number of rotatable bonds is 7. The lowest BCUT2D eigenvalue weighted by Gasteiger charge is -2.72. The third-order valence-corrected chi connectivity index (χ3v) is 17.7. The number of esters is 1. The van der Waals surface area contributed by atoms with Gasteiger partial charge in [0.25, 0.3) is 0 Å². The molecule has 0 aromatic heterocycles.